The van der Waals surface area contributed by atoms with Crippen LogP contribution in [0.3, 0.4) is 0 Å². The highest BCUT2D eigenvalue weighted by atomic mass is 16.7. The second kappa shape index (κ2) is 8.72. The summed E-state index contributed by atoms with van der Waals surface area (Å²) in [7, 11) is 0. The smallest absolute Gasteiger partial charge is 0.231 e. The molecule has 0 aromatic heterocycles. The van der Waals surface area contributed by atoms with E-state index in [4.69, 9.17) is 18.9 Å². The van der Waals surface area contributed by atoms with Crippen molar-refractivity contribution in [3.05, 3.63) is 94.6 Å². The molecule has 0 saturated carbocycles. The van der Waals surface area contributed by atoms with Crippen molar-refractivity contribution < 1.29 is 23.7 Å². The number of hydrogen-bond donors (Lipinski definition) is 0. The maximum atomic E-state index is 13.5. The van der Waals surface area contributed by atoms with Crippen LogP contribution in [-0.2, 0) is 11.3 Å². The van der Waals surface area contributed by atoms with Crippen molar-refractivity contribution in [2.45, 2.75) is 6.54 Å². The summed E-state index contributed by atoms with van der Waals surface area (Å²) in [5.74, 6) is 2.92. The zero-order chi connectivity index (χ0) is 22.9. The fourth-order valence-corrected chi connectivity index (χ4v) is 4.47. The fourth-order valence-electron chi connectivity index (χ4n) is 4.47. The molecule has 0 N–H and O–H groups in total. The molecular weight excluding hydrogens is 430 g/mol. The van der Waals surface area contributed by atoms with Crippen LogP contribution < -0.4 is 18.9 Å². The minimum absolute atomic E-state index is 0.0552. The molecule has 3 aliphatic rings. The Morgan fingerprint density at radius 2 is 1.21 bits per heavy atom. The lowest BCUT2D eigenvalue weighted by Gasteiger charge is -2.30. The Morgan fingerprint density at radius 3 is 1.76 bits per heavy atom. The number of ketones is 1. The molecule has 1 fully saturated rings. The van der Waals surface area contributed by atoms with E-state index in [2.05, 4.69) is 17.0 Å². The molecule has 3 aliphatic heterocycles. The summed E-state index contributed by atoms with van der Waals surface area (Å²) in [5.41, 5.74) is 4.52. The first-order valence-corrected chi connectivity index (χ1v) is 11.2. The number of likely N-dealkylation sites (tertiary alicyclic amines) is 1. The third-order valence-corrected chi connectivity index (χ3v) is 6.10. The molecule has 1 saturated heterocycles. The number of nitrogens with zero attached hydrogens (tertiary/aromatic N) is 1. The largest absolute Gasteiger partial charge is 0.454 e. The molecular formula is C28H23NO5. The second-order valence-corrected chi connectivity index (χ2v) is 8.52. The van der Waals surface area contributed by atoms with Crippen molar-refractivity contribution in [2.24, 2.45) is 0 Å². The number of fused-ring (bicyclic) bond motifs is 2. The van der Waals surface area contributed by atoms with Crippen molar-refractivity contribution in [3.8, 4) is 23.0 Å². The Hall–Kier alpha value is -4.03. The van der Waals surface area contributed by atoms with E-state index >= 15 is 0 Å². The summed E-state index contributed by atoms with van der Waals surface area (Å²) in [6.07, 6.45) is 3.91. The number of hydrogen-bond acceptors (Lipinski definition) is 6. The van der Waals surface area contributed by atoms with Crippen LogP contribution in [0, 0.1) is 0 Å². The summed E-state index contributed by atoms with van der Waals surface area (Å²) < 4.78 is 21.9. The van der Waals surface area contributed by atoms with Crippen LogP contribution in [0.5, 0.6) is 23.0 Å². The van der Waals surface area contributed by atoms with Gasteiger partial charge in [0.1, 0.15) is 0 Å². The van der Waals surface area contributed by atoms with Crippen LogP contribution in [0.15, 0.2) is 77.9 Å². The van der Waals surface area contributed by atoms with Gasteiger partial charge in [0, 0.05) is 30.8 Å². The number of benzene rings is 3. The van der Waals surface area contributed by atoms with Gasteiger partial charge in [0.25, 0.3) is 0 Å². The number of carbonyl (C=O) groups is 1. The number of ether oxygens (including phenoxy) is 4. The van der Waals surface area contributed by atoms with E-state index in [1.54, 1.807) is 0 Å². The van der Waals surface area contributed by atoms with Gasteiger partial charge < -0.3 is 18.9 Å². The topological polar surface area (TPSA) is 57.2 Å². The number of piperidine rings is 1. The molecule has 6 heteroatoms. The van der Waals surface area contributed by atoms with E-state index in [1.165, 1.54) is 5.56 Å². The average molecular weight is 453 g/mol. The van der Waals surface area contributed by atoms with Crippen LogP contribution >= 0.6 is 0 Å². The highest BCUT2D eigenvalue weighted by Crippen LogP contribution is 2.35. The number of Topliss-reactive ketones (excluding diaryl/α,β-unsaturated/α-hetero) is 1. The molecule has 0 amide bonds. The number of carbonyl (C=O) groups excluding carboxylic acids is 1. The van der Waals surface area contributed by atoms with E-state index in [9.17, 15) is 4.79 Å². The van der Waals surface area contributed by atoms with E-state index < -0.39 is 0 Å². The first kappa shape index (κ1) is 20.6. The molecule has 3 aromatic carbocycles. The minimum atomic E-state index is 0.0552. The Kier molecular flexibility index (Phi) is 5.28. The average Bonchev–Trinajstić information content (AvgIpc) is 3.51. The standard InChI is InChI=1S/C28H23NO5/c30-28-22(10-20-6-8-24-26(12-20)33-17-31-24)15-29(14-19-4-2-1-3-5-19)16-23(28)11-21-7-9-25-27(13-21)34-18-32-25/h1-13H,14-18H2/b22-10+,23-11+. The Bertz CT molecular complexity index is 1230. The first-order chi connectivity index (χ1) is 16.7. The monoisotopic (exact) mass is 453 g/mol. The molecule has 0 radical (unpaired) electrons. The van der Waals surface area contributed by atoms with Gasteiger partial charge >= 0.3 is 0 Å². The molecule has 0 unspecified atom stereocenters. The zero-order valence-electron chi connectivity index (χ0n) is 18.5. The molecule has 0 aliphatic carbocycles. The summed E-state index contributed by atoms with van der Waals surface area (Å²) in [5, 5.41) is 0. The van der Waals surface area contributed by atoms with E-state index in [0.29, 0.717) is 24.6 Å². The van der Waals surface area contributed by atoms with Crippen LogP contribution in [0.1, 0.15) is 16.7 Å². The molecule has 3 heterocycles. The number of rotatable bonds is 4. The fraction of sp³-hybridized carbons (Fsp3) is 0.179. The van der Waals surface area contributed by atoms with Crippen LogP contribution in [0.4, 0.5) is 0 Å². The lowest BCUT2D eigenvalue weighted by molar-refractivity contribution is -0.113. The van der Waals surface area contributed by atoms with E-state index in [0.717, 1.165) is 40.3 Å². The van der Waals surface area contributed by atoms with Gasteiger partial charge in [-0.2, -0.15) is 0 Å². The molecule has 0 spiro atoms. The van der Waals surface area contributed by atoms with Gasteiger partial charge in [-0.25, -0.2) is 0 Å². The summed E-state index contributed by atoms with van der Waals surface area (Å²) >= 11 is 0. The first-order valence-electron chi connectivity index (χ1n) is 11.2. The lowest BCUT2D eigenvalue weighted by Crippen LogP contribution is -2.37. The highest BCUT2D eigenvalue weighted by molar-refractivity contribution is 6.14. The van der Waals surface area contributed by atoms with Crippen LogP contribution in [0.25, 0.3) is 12.2 Å². The summed E-state index contributed by atoms with van der Waals surface area (Å²) in [6, 6.07) is 21.8. The van der Waals surface area contributed by atoms with Gasteiger partial charge in [-0.05, 0) is 53.1 Å². The second-order valence-electron chi connectivity index (χ2n) is 8.52. The van der Waals surface area contributed by atoms with Gasteiger partial charge in [-0.15, -0.1) is 0 Å². The van der Waals surface area contributed by atoms with Crippen molar-refractivity contribution in [1.82, 2.24) is 4.90 Å². The van der Waals surface area contributed by atoms with Crippen molar-refractivity contribution >= 4 is 17.9 Å². The third-order valence-electron chi connectivity index (χ3n) is 6.10. The minimum Gasteiger partial charge on any atom is -0.454 e. The Morgan fingerprint density at radius 1 is 0.676 bits per heavy atom. The van der Waals surface area contributed by atoms with Gasteiger partial charge in [-0.3, -0.25) is 9.69 Å². The molecule has 6 nitrogen and oxygen atoms in total. The van der Waals surface area contributed by atoms with Crippen LogP contribution in [-0.4, -0.2) is 37.4 Å². The maximum Gasteiger partial charge on any atom is 0.231 e. The third kappa shape index (κ3) is 4.16. The quantitative estimate of drug-likeness (QED) is 0.534. The van der Waals surface area contributed by atoms with Crippen molar-refractivity contribution in [2.75, 3.05) is 26.7 Å². The molecule has 170 valence electrons. The molecule has 3 aromatic rings. The molecule has 0 bridgehead atoms. The van der Waals surface area contributed by atoms with Crippen molar-refractivity contribution in [3.63, 3.8) is 0 Å². The van der Waals surface area contributed by atoms with Crippen LogP contribution in [0.2, 0.25) is 0 Å². The van der Waals surface area contributed by atoms with Gasteiger partial charge in [-0.1, -0.05) is 42.5 Å². The van der Waals surface area contributed by atoms with Crippen molar-refractivity contribution in [1.29, 1.82) is 0 Å². The predicted molar refractivity (Wildman–Crippen MR) is 128 cm³/mol. The van der Waals surface area contributed by atoms with Gasteiger partial charge in [0.05, 0.1) is 0 Å². The molecule has 0 atom stereocenters. The lowest BCUT2D eigenvalue weighted by atomic mass is 9.93. The summed E-state index contributed by atoms with van der Waals surface area (Å²) in [4.78, 5) is 15.8. The van der Waals surface area contributed by atoms with E-state index in [1.807, 2.05) is 66.7 Å². The molecule has 34 heavy (non-hydrogen) atoms. The van der Waals surface area contributed by atoms with Gasteiger partial charge in [0.15, 0.2) is 28.8 Å². The summed E-state index contributed by atoms with van der Waals surface area (Å²) in [6.45, 7) is 2.34. The Labute approximate surface area is 197 Å². The highest BCUT2D eigenvalue weighted by Gasteiger charge is 2.27. The SMILES string of the molecule is O=C1/C(=C/c2ccc3c(c2)OCO3)CN(Cc2ccccc2)C/C1=C\c1ccc2c(c1)OCO2. The predicted octanol–water partition coefficient (Wildman–Crippen LogP) is 4.70. The Balaban J connectivity index is 1.34. The molecule has 6 rings (SSSR count). The normalized spacial score (nSPS) is 19.2. The van der Waals surface area contributed by atoms with E-state index in [-0.39, 0.29) is 19.4 Å². The maximum absolute atomic E-state index is 13.5. The zero-order valence-corrected chi connectivity index (χ0v) is 18.5. The van der Waals surface area contributed by atoms with Gasteiger partial charge in [0.2, 0.25) is 13.6 Å².